The van der Waals surface area contributed by atoms with Gasteiger partial charge in [-0.3, -0.25) is 4.79 Å². The van der Waals surface area contributed by atoms with Gasteiger partial charge in [-0.15, -0.1) is 11.3 Å². The van der Waals surface area contributed by atoms with E-state index in [4.69, 9.17) is 4.98 Å². The van der Waals surface area contributed by atoms with E-state index in [2.05, 4.69) is 68.7 Å². The summed E-state index contributed by atoms with van der Waals surface area (Å²) in [7, 11) is 2.03. The van der Waals surface area contributed by atoms with Gasteiger partial charge < -0.3 is 20.9 Å². The molecule has 4 heterocycles. The molecule has 0 aliphatic carbocycles. The number of fused-ring (bicyclic) bond motifs is 1. The van der Waals surface area contributed by atoms with Gasteiger partial charge in [-0.2, -0.15) is 0 Å². The van der Waals surface area contributed by atoms with Crippen LogP contribution in [0.25, 0.3) is 10.6 Å². The van der Waals surface area contributed by atoms with Crippen molar-refractivity contribution in [1.29, 1.82) is 0 Å². The second kappa shape index (κ2) is 11.3. The fourth-order valence-electron chi connectivity index (χ4n) is 4.80. The SMILES string of the molecule is Cc1nc(C)c(-c2ccc(NCCNC(C)C)c(C(C)CCN(C)c3ncnc4c3C(C)(C)C(=O)N4)n2)s1. The molecule has 3 aromatic rings. The molecule has 0 aromatic carbocycles. The standard InChI is InChI=1S/C28H40N8OS/c1-16(2)29-12-13-30-20-9-10-21(24-18(4)33-19(5)38-24)34-23(20)17(3)11-14-36(8)26-22-25(31-15-32-26)35-27(37)28(22,6)7/h9-10,15-17,29-30H,11-14H2,1-8H3,(H,31,32,35,37). The van der Waals surface area contributed by atoms with E-state index in [1.54, 1.807) is 11.3 Å². The molecule has 9 nitrogen and oxygen atoms in total. The molecule has 38 heavy (non-hydrogen) atoms. The van der Waals surface area contributed by atoms with Gasteiger partial charge in [0, 0.05) is 38.6 Å². The molecule has 0 spiro atoms. The summed E-state index contributed by atoms with van der Waals surface area (Å²) in [6.45, 7) is 16.9. The minimum Gasteiger partial charge on any atom is -0.382 e. The second-order valence-electron chi connectivity index (χ2n) is 10.9. The summed E-state index contributed by atoms with van der Waals surface area (Å²) in [6.07, 6.45) is 2.39. The minimum absolute atomic E-state index is 0.0479. The van der Waals surface area contributed by atoms with Crippen LogP contribution in [0.1, 0.15) is 68.9 Å². The molecule has 4 rings (SSSR count). The quantitative estimate of drug-likeness (QED) is 0.298. The van der Waals surface area contributed by atoms with Gasteiger partial charge in [-0.05, 0) is 46.2 Å². The van der Waals surface area contributed by atoms with E-state index in [9.17, 15) is 4.79 Å². The molecule has 3 aromatic heterocycles. The maximum absolute atomic E-state index is 12.5. The van der Waals surface area contributed by atoms with Crippen LogP contribution < -0.4 is 20.9 Å². The highest BCUT2D eigenvalue weighted by Gasteiger charge is 2.42. The molecule has 3 N–H and O–H groups in total. The number of amides is 1. The Labute approximate surface area is 229 Å². The highest BCUT2D eigenvalue weighted by Crippen LogP contribution is 2.41. The van der Waals surface area contributed by atoms with Gasteiger partial charge in [0.1, 0.15) is 18.0 Å². The van der Waals surface area contributed by atoms with E-state index >= 15 is 0 Å². The lowest BCUT2D eigenvalue weighted by Gasteiger charge is -2.26. The van der Waals surface area contributed by atoms with Crippen LogP contribution in [0, 0.1) is 13.8 Å². The van der Waals surface area contributed by atoms with Crippen LogP contribution in [0.4, 0.5) is 17.3 Å². The number of pyridine rings is 1. The molecule has 0 saturated carbocycles. The Morgan fingerprint density at radius 3 is 2.55 bits per heavy atom. The summed E-state index contributed by atoms with van der Waals surface area (Å²) in [6, 6.07) is 4.69. The van der Waals surface area contributed by atoms with Gasteiger partial charge in [0.25, 0.3) is 0 Å². The molecular weight excluding hydrogens is 496 g/mol. The van der Waals surface area contributed by atoms with Crippen LogP contribution in [0.2, 0.25) is 0 Å². The Kier molecular flexibility index (Phi) is 8.32. The molecule has 204 valence electrons. The number of thiazole rings is 1. The van der Waals surface area contributed by atoms with Crippen molar-refractivity contribution in [2.45, 2.75) is 72.3 Å². The lowest BCUT2D eigenvalue weighted by molar-refractivity contribution is -0.119. The number of hydrogen-bond donors (Lipinski definition) is 3. The zero-order valence-corrected chi connectivity index (χ0v) is 24.6. The minimum atomic E-state index is -0.673. The Morgan fingerprint density at radius 2 is 1.87 bits per heavy atom. The zero-order chi connectivity index (χ0) is 27.6. The fourth-order valence-corrected chi connectivity index (χ4v) is 5.69. The van der Waals surface area contributed by atoms with Crippen molar-refractivity contribution < 1.29 is 4.79 Å². The number of anilines is 3. The predicted molar refractivity (Wildman–Crippen MR) is 156 cm³/mol. The average molecular weight is 537 g/mol. The summed E-state index contributed by atoms with van der Waals surface area (Å²) in [4.78, 5) is 34.4. The first-order valence-electron chi connectivity index (χ1n) is 13.3. The van der Waals surface area contributed by atoms with Crippen molar-refractivity contribution in [2.24, 2.45) is 0 Å². The third-order valence-corrected chi connectivity index (χ3v) is 8.13. The van der Waals surface area contributed by atoms with E-state index in [-0.39, 0.29) is 11.8 Å². The molecule has 1 aliphatic heterocycles. The van der Waals surface area contributed by atoms with Gasteiger partial charge in [0.05, 0.1) is 43.6 Å². The monoisotopic (exact) mass is 536 g/mol. The number of rotatable bonds is 11. The maximum Gasteiger partial charge on any atom is 0.235 e. The predicted octanol–water partition coefficient (Wildman–Crippen LogP) is 4.88. The molecule has 1 unspecified atom stereocenters. The Bertz CT molecular complexity index is 1300. The topological polar surface area (TPSA) is 108 Å². The van der Waals surface area contributed by atoms with Crippen LogP contribution >= 0.6 is 11.3 Å². The Morgan fingerprint density at radius 1 is 1.11 bits per heavy atom. The van der Waals surface area contributed by atoms with Crippen molar-refractivity contribution >= 4 is 34.6 Å². The zero-order valence-electron chi connectivity index (χ0n) is 23.8. The molecule has 10 heteroatoms. The van der Waals surface area contributed by atoms with Crippen LogP contribution in [-0.4, -0.2) is 58.6 Å². The van der Waals surface area contributed by atoms with Crippen molar-refractivity contribution in [3.8, 4) is 10.6 Å². The highest BCUT2D eigenvalue weighted by atomic mass is 32.1. The van der Waals surface area contributed by atoms with Gasteiger partial charge in [0.15, 0.2) is 0 Å². The van der Waals surface area contributed by atoms with Gasteiger partial charge >= 0.3 is 0 Å². The summed E-state index contributed by atoms with van der Waals surface area (Å²) < 4.78 is 0. The van der Waals surface area contributed by atoms with Crippen LogP contribution in [0.3, 0.4) is 0 Å². The first-order chi connectivity index (χ1) is 18.0. The van der Waals surface area contributed by atoms with Crippen molar-refractivity contribution in [3.63, 3.8) is 0 Å². The largest absolute Gasteiger partial charge is 0.382 e. The lowest BCUT2D eigenvalue weighted by atomic mass is 9.87. The van der Waals surface area contributed by atoms with E-state index in [1.807, 2.05) is 34.7 Å². The lowest BCUT2D eigenvalue weighted by Crippen LogP contribution is -2.30. The maximum atomic E-state index is 12.5. The summed E-state index contributed by atoms with van der Waals surface area (Å²) in [5.74, 6) is 1.54. The molecule has 0 radical (unpaired) electrons. The summed E-state index contributed by atoms with van der Waals surface area (Å²) in [5, 5.41) is 11.0. The van der Waals surface area contributed by atoms with Crippen molar-refractivity contribution in [3.05, 3.63) is 40.4 Å². The van der Waals surface area contributed by atoms with Crippen LogP contribution in [0.15, 0.2) is 18.5 Å². The number of carbonyl (C=O) groups is 1. The van der Waals surface area contributed by atoms with E-state index in [0.717, 1.165) is 70.1 Å². The first kappa shape index (κ1) is 27.9. The van der Waals surface area contributed by atoms with Crippen molar-refractivity contribution in [2.75, 3.05) is 42.2 Å². The molecule has 0 fully saturated rings. The summed E-state index contributed by atoms with van der Waals surface area (Å²) >= 11 is 1.69. The highest BCUT2D eigenvalue weighted by molar-refractivity contribution is 7.15. The number of nitrogens with zero attached hydrogens (tertiary/aromatic N) is 5. The summed E-state index contributed by atoms with van der Waals surface area (Å²) in [5.41, 5.74) is 4.28. The molecule has 1 amide bonds. The van der Waals surface area contributed by atoms with E-state index in [1.165, 1.54) is 6.33 Å². The molecular formula is C28H40N8OS. The first-order valence-corrected chi connectivity index (χ1v) is 14.1. The van der Waals surface area contributed by atoms with Gasteiger partial charge in [0.2, 0.25) is 5.91 Å². The van der Waals surface area contributed by atoms with Gasteiger partial charge in [-0.25, -0.2) is 19.9 Å². The number of nitrogens with one attached hydrogen (secondary N) is 3. The normalized spacial score (nSPS) is 14.9. The molecule has 0 bridgehead atoms. The third-order valence-electron chi connectivity index (χ3n) is 7.03. The third kappa shape index (κ3) is 5.81. The van der Waals surface area contributed by atoms with Crippen LogP contribution in [-0.2, 0) is 10.2 Å². The number of carbonyl (C=O) groups excluding carboxylic acids is 1. The Balaban J connectivity index is 1.55. The fraction of sp³-hybridized carbons (Fsp3) is 0.536. The Hall–Kier alpha value is -3.11. The van der Waals surface area contributed by atoms with E-state index in [0.29, 0.717) is 11.9 Å². The van der Waals surface area contributed by atoms with Gasteiger partial charge in [-0.1, -0.05) is 20.8 Å². The smallest absolute Gasteiger partial charge is 0.235 e. The van der Waals surface area contributed by atoms with Crippen LogP contribution in [0.5, 0.6) is 0 Å². The molecule has 1 aliphatic rings. The second-order valence-corrected chi connectivity index (χ2v) is 12.1. The van der Waals surface area contributed by atoms with E-state index < -0.39 is 5.41 Å². The number of aromatic nitrogens is 4. The van der Waals surface area contributed by atoms with Crippen molar-refractivity contribution in [1.82, 2.24) is 25.3 Å². The number of hydrogen-bond acceptors (Lipinski definition) is 9. The molecule has 1 atom stereocenters. The molecule has 0 saturated heterocycles. The average Bonchev–Trinajstić information content (AvgIpc) is 3.33. The number of aryl methyl sites for hydroxylation is 2.